The number of furan rings is 1. The maximum Gasteiger partial charge on any atom is 0.244 e. The number of carbonyl (C=O) groups is 1. The topological polar surface area (TPSA) is 77.3 Å². The number of aryl methyl sites for hydroxylation is 1. The van der Waals surface area contributed by atoms with E-state index in [1.807, 2.05) is 19.9 Å². The molecular weight excluding hydrogens is 244 g/mol. The van der Waals surface area contributed by atoms with Crippen molar-refractivity contribution >= 4 is 11.6 Å². The molecule has 6 nitrogen and oxygen atoms in total. The average Bonchev–Trinajstić information content (AvgIpc) is 2.95. The lowest BCUT2D eigenvalue weighted by atomic mass is 10.3. The summed E-state index contributed by atoms with van der Waals surface area (Å²) in [5.41, 5.74) is 8.05. The third kappa shape index (κ3) is 2.78. The summed E-state index contributed by atoms with van der Waals surface area (Å²) in [4.78, 5) is 13.7. The summed E-state index contributed by atoms with van der Waals surface area (Å²) >= 11 is 0. The first-order valence-corrected chi connectivity index (χ1v) is 6.05. The molecule has 2 N–H and O–H groups in total. The molecule has 2 heterocycles. The first kappa shape index (κ1) is 13.2. The van der Waals surface area contributed by atoms with Crippen LogP contribution in [0.2, 0.25) is 0 Å². The fourth-order valence-electron chi connectivity index (χ4n) is 1.84. The molecule has 2 aromatic rings. The Kier molecular flexibility index (Phi) is 3.59. The van der Waals surface area contributed by atoms with E-state index in [0.29, 0.717) is 12.2 Å². The molecule has 0 saturated carbocycles. The molecule has 2 rings (SSSR count). The van der Waals surface area contributed by atoms with Crippen molar-refractivity contribution in [2.75, 3.05) is 12.8 Å². The van der Waals surface area contributed by atoms with Crippen molar-refractivity contribution in [3.8, 4) is 0 Å². The summed E-state index contributed by atoms with van der Waals surface area (Å²) in [6.45, 7) is 4.31. The van der Waals surface area contributed by atoms with Crippen LogP contribution in [0.1, 0.15) is 17.1 Å². The van der Waals surface area contributed by atoms with Gasteiger partial charge in [0.25, 0.3) is 0 Å². The van der Waals surface area contributed by atoms with E-state index in [0.717, 1.165) is 17.1 Å². The van der Waals surface area contributed by atoms with Crippen LogP contribution in [0.25, 0.3) is 0 Å². The molecule has 0 saturated heterocycles. The molecular formula is C13H18N4O2. The zero-order valence-corrected chi connectivity index (χ0v) is 11.4. The number of nitrogens with two attached hydrogens (primary N) is 1. The minimum absolute atomic E-state index is 0.0398. The number of amides is 1. The molecule has 0 aliphatic heterocycles. The van der Waals surface area contributed by atoms with Gasteiger partial charge in [-0.3, -0.25) is 9.48 Å². The Balaban J connectivity index is 2.02. The van der Waals surface area contributed by atoms with E-state index in [1.54, 1.807) is 29.0 Å². The highest BCUT2D eigenvalue weighted by molar-refractivity contribution is 5.75. The van der Waals surface area contributed by atoms with E-state index in [-0.39, 0.29) is 12.5 Å². The van der Waals surface area contributed by atoms with E-state index < -0.39 is 0 Å². The number of anilines is 1. The predicted molar refractivity (Wildman–Crippen MR) is 71.3 cm³/mol. The maximum absolute atomic E-state index is 12.1. The van der Waals surface area contributed by atoms with Crippen LogP contribution in [0.15, 0.2) is 22.8 Å². The van der Waals surface area contributed by atoms with Gasteiger partial charge in [-0.05, 0) is 26.0 Å². The normalized spacial score (nSPS) is 10.7. The number of carbonyl (C=O) groups excluding carboxylic acids is 1. The van der Waals surface area contributed by atoms with E-state index in [9.17, 15) is 4.79 Å². The quantitative estimate of drug-likeness (QED) is 0.901. The fourth-order valence-corrected chi connectivity index (χ4v) is 1.84. The Morgan fingerprint density at radius 2 is 2.26 bits per heavy atom. The van der Waals surface area contributed by atoms with Gasteiger partial charge in [0.05, 0.1) is 29.9 Å². The van der Waals surface area contributed by atoms with Gasteiger partial charge in [-0.1, -0.05) is 0 Å². The Morgan fingerprint density at radius 1 is 1.53 bits per heavy atom. The molecule has 0 bridgehead atoms. The van der Waals surface area contributed by atoms with Crippen molar-refractivity contribution in [1.29, 1.82) is 0 Å². The predicted octanol–water partition coefficient (Wildman–Crippen LogP) is 1.33. The van der Waals surface area contributed by atoms with Gasteiger partial charge in [-0.25, -0.2) is 0 Å². The number of likely N-dealkylation sites (N-methyl/N-ethyl adjacent to an activating group) is 1. The lowest BCUT2D eigenvalue weighted by Gasteiger charge is -2.16. The molecule has 0 aromatic carbocycles. The van der Waals surface area contributed by atoms with Crippen molar-refractivity contribution in [3.05, 3.63) is 35.5 Å². The van der Waals surface area contributed by atoms with E-state index in [4.69, 9.17) is 10.2 Å². The van der Waals surface area contributed by atoms with Crippen LogP contribution in [-0.2, 0) is 17.9 Å². The number of hydrogen-bond acceptors (Lipinski definition) is 4. The van der Waals surface area contributed by atoms with Crippen molar-refractivity contribution in [3.63, 3.8) is 0 Å². The molecule has 102 valence electrons. The SMILES string of the molecule is Cc1nn(CC(=O)N(C)Cc2ccco2)c(C)c1N. The van der Waals surface area contributed by atoms with Crippen LogP contribution in [0.5, 0.6) is 0 Å². The Bertz CT molecular complexity index is 572. The maximum atomic E-state index is 12.1. The third-order valence-corrected chi connectivity index (χ3v) is 3.12. The van der Waals surface area contributed by atoms with E-state index in [1.165, 1.54) is 0 Å². The summed E-state index contributed by atoms with van der Waals surface area (Å²) in [6.07, 6.45) is 1.59. The highest BCUT2D eigenvalue weighted by atomic mass is 16.3. The molecule has 19 heavy (non-hydrogen) atoms. The van der Waals surface area contributed by atoms with Gasteiger partial charge in [-0.2, -0.15) is 5.10 Å². The highest BCUT2D eigenvalue weighted by Crippen LogP contribution is 2.15. The zero-order chi connectivity index (χ0) is 14.0. The molecule has 0 atom stereocenters. The van der Waals surface area contributed by atoms with Gasteiger partial charge in [0.1, 0.15) is 12.3 Å². The number of nitrogen functional groups attached to an aromatic ring is 1. The Labute approximate surface area is 111 Å². The van der Waals surface area contributed by atoms with E-state index in [2.05, 4.69) is 5.10 Å². The van der Waals surface area contributed by atoms with Gasteiger partial charge in [0.2, 0.25) is 5.91 Å². The molecule has 6 heteroatoms. The van der Waals surface area contributed by atoms with E-state index >= 15 is 0 Å². The second-order valence-corrected chi connectivity index (χ2v) is 4.57. The first-order chi connectivity index (χ1) is 8.99. The number of nitrogens with zero attached hydrogens (tertiary/aromatic N) is 3. The van der Waals surface area contributed by atoms with Gasteiger partial charge < -0.3 is 15.1 Å². The monoisotopic (exact) mass is 262 g/mol. The standard InChI is InChI=1S/C13H18N4O2/c1-9-13(14)10(2)17(15-9)8-12(18)16(3)7-11-5-4-6-19-11/h4-6H,7-8,14H2,1-3H3. The highest BCUT2D eigenvalue weighted by Gasteiger charge is 2.15. The van der Waals surface area contributed by atoms with Crippen molar-refractivity contribution < 1.29 is 9.21 Å². The largest absolute Gasteiger partial charge is 0.467 e. The van der Waals surface area contributed by atoms with Gasteiger partial charge in [-0.15, -0.1) is 0 Å². The average molecular weight is 262 g/mol. The minimum Gasteiger partial charge on any atom is -0.467 e. The molecule has 0 spiro atoms. The molecule has 0 unspecified atom stereocenters. The number of rotatable bonds is 4. The lowest BCUT2D eigenvalue weighted by molar-refractivity contribution is -0.131. The fraction of sp³-hybridized carbons (Fsp3) is 0.385. The van der Waals surface area contributed by atoms with Gasteiger partial charge >= 0.3 is 0 Å². The van der Waals surface area contributed by atoms with Crippen LogP contribution in [0.3, 0.4) is 0 Å². The first-order valence-electron chi connectivity index (χ1n) is 6.05. The summed E-state index contributed by atoms with van der Waals surface area (Å²) in [5, 5.41) is 4.25. The summed E-state index contributed by atoms with van der Waals surface area (Å²) in [5.74, 6) is 0.714. The van der Waals surface area contributed by atoms with Crippen molar-refractivity contribution in [2.45, 2.75) is 26.9 Å². The van der Waals surface area contributed by atoms with Crippen LogP contribution in [-0.4, -0.2) is 27.6 Å². The summed E-state index contributed by atoms with van der Waals surface area (Å²) < 4.78 is 6.85. The lowest BCUT2D eigenvalue weighted by Crippen LogP contribution is -2.30. The van der Waals surface area contributed by atoms with Gasteiger partial charge in [0, 0.05) is 7.05 Å². The number of hydrogen-bond donors (Lipinski definition) is 1. The minimum atomic E-state index is -0.0398. The van der Waals surface area contributed by atoms with Gasteiger partial charge in [0.15, 0.2) is 0 Å². The molecule has 0 fully saturated rings. The molecule has 0 aliphatic rings. The molecule has 2 aromatic heterocycles. The number of aromatic nitrogens is 2. The zero-order valence-electron chi connectivity index (χ0n) is 11.4. The van der Waals surface area contributed by atoms with Crippen molar-refractivity contribution in [2.24, 2.45) is 0 Å². The third-order valence-electron chi connectivity index (χ3n) is 3.12. The second kappa shape index (κ2) is 5.17. The van der Waals surface area contributed by atoms with Crippen molar-refractivity contribution in [1.82, 2.24) is 14.7 Å². The van der Waals surface area contributed by atoms with Crippen LogP contribution in [0, 0.1) is 13.8 Å². The second-order valence-electron chi connectivity index (χ2n) is 4.57. The molecule has 0 aliphatic carbocycles. The van der Waals surface area contributed by atoms with Crippen LogP contribution in [0.4, 0.5) is 5.69 Å². The molecule has 1 amide bonds. The summed E-state index contributed by atoms with van der Waals surface area (Å²) in [6, 6.07) is 3.64. The smallest absolute Gasteiger partial charge is 0.244 e. The van der Waals surface area contributed by atoms with Crippen LogP contribution >= 0.6 is 0 Å². The summed E-state index contributed by atoms with van der Waals surface area (Å²) in [7, 11) is 1.74. The molecule has 0 radical (unpaired) electrons. The Morgan fingerprint density at radius 3 is 2.79 bits per heavy atom. The van der Waals surface area contributed by atoms with Crippen LogP contribution < -0.4 is 5.73 Å². The Hall–Kier alpha value is -2.24.